The van der Waals surface area contributed by atoms with Crippen LogP contribution in [0, 0.1) is 5.92 Å². The molecule has 3 N–H and O–H groups in total. The molecule has 0 saturated carbocycles. The molecule has 5 nitrogen and oxygen atoms in total. The molecule has 0 aromatic heterocycles. The average Bonchev–Trinajstić information content (AvgIpc) is 2.02. The lowest BCUT2D eigenvalue weighted by Gasteiger charge is -2.41. The number of hydrogen-bond acceptors (Lipinski definition) is 4. The molecule has 1 rings (SSSR count). The molecule has 0 spiro atoms. The topological polar surface area (TPSA) is 81.0 Å². The number of rotatable bonds is 2. The third kappa shape index (κ3) is 2.26. The molecular formula is C8H16BNO4. The monoisotopic (exact) mass is 201 g/mol. The fraction of sp³-hybridized carbons (Fsp3) is 0.875. The molecule has 1 fully saturated rings. The SMILES string of the molecule is CB(O)N1CC[C@@](C)(O)[C@@H](C(=O)O)C1. The first-order valence-corrected chi connectivity index (χ1v) is 4.72. The van der Waals surface area contributed by atoms with Gasteiger partial charge in [-0.25, -0.2) is 0 Å². The van der Waals surface area contributed by atoms with E-state index in [0.717, 1.165) is 0 Å². The number of nitrogens with zero attached hydrogens (tertiary/aromatic N) is 1. The van der Waals surface area contributed by atoms with Crippen LogP contribution < -0.4 is 0 Å². The molecular weight excluding hydrogens is 185 g/mol. The van der Waals surface area contributed by atoms with E-state index in [-0.39, 0.29) is 6.54 Å². The molecule has 0 aliphatic carbocycles. The Bertz CT molecular complexity index is 231. The largest absolute Gasteiger partial charge is 0.481 e. The van der Waals surface area contributed by atoms with Crippen molar-refractivity contribution in [1.82, 2.24) is 4.81 Å². The molecule has 0 amide bonds. The summed E-state index contributed by atoms with van der Waals surface area (Å²) in [5.41, 5.74) is -1.17. The number of piperidine rings is 1. The summed E-state index contributed by atoms with van der Waals surface area (Å²) in [6.07, 6.45) is 0.370. The molecule has 80 valence electrons. The van der Waals surface area contributed by atoms with Gasteiger partial charge in [0, 0.05) is 6.54 Å². The van der Waals surface area contributed by atoms with Crippen molar-refractivity contribution in [2.45, 2.75) is 25.8 Å². The van der Waals surface area contributed by atoms with Gasteiger partial charge in [0.05, 0.1) is 11.5 Å². The molecule has 1 aliphatic rings. The molecule has 0 aromatic carbocycles. The predicted octanol–water partition coefficient (Wildman–Crippen LogP) is -0.746. The highest BCUT2D eigenvalue weighted by Crippen LogP contribution is 2.27. The van der Waals surface area contributed by atoms with E-state index in [1.165, 1.54) is 6.92 Å². The van der Waals surface area contributed by atoms with Crippen molar-refractivity contribution in [3.8, 4) is 0 Å². The third-order valence-electron chi connectivity index (χ3n) is 2.90. The molecule has 0 unspecified atom stereocenters. The second-order valence-electron chi connectivity index (χ2n) is 4.12. The van der Waals surface area contributed by atoms with Crippen LogP contribution >= 0.6 is 0 Å². The molecule has 2 atom stereocenters. The van der Waals surface area contributed by atoms with Crippen LogP contribution in [0.1, 0.15) is 13.3 Å². The summed E-state index contributed by atoms with van der Waals surface area (Å²) >= 11 is 0. The van der Waals surface area contributed by atoms with Gasteiger partial charge in [-0.05, 0) is 26.7 Å². The molecule has 1 heterocycles. The zero-order chi connectivity index (χ0) is 10.9. The summed E-state index contributed by atoms with van der Waals surface area (Å²) in [5.74, 6) is -1.84. The highest BCUT2D eigenvalue weighted by molar-refractivity contribution is 6.45. The molecule has 0 bridgehead atoms. The quantitative estimate of drug-likeness (QED) is 0.512. The highest BCUT2D eigenvalue weighted by atomic mass is 16.4. The van der Waals surface area contributed by atoms with E-state index in [0.29, 0.717) is 13.0 Å². The van der Waals surface area contributed by atoms with Gasteiger partial charge in [-0.3, -0.25) is 4.79 Å². The normalized spacial score (nSPS) is 34.1. The fourth-order valence-electron chi connectivity index (χ4n) is 1.75. The molecule has 1 saturated heterocycles. The van der Waals surface area contributed by atoms with Crippen molar-refractivity contribution in [2.75, 3.05) is 13.1 Å². The second-order valence-corrected chi connectivity index (χ2v) is 4.12. The van der Waals surface area contributed by atoms with E-state index < -0.39 is 24.5 Å². The Kier molecular flexibility index (Phi) is 3.19. The van der Waals surface area contributed by atoms with Gasteiger partial charge in [0.2, 0.25) is 0 Å². The van der Waals surface area contributed by atoms with Gasteiger partial charge in [-0.15, -0.1) is 0 Å². The zero-order valence-corrected chi connectivity index (χ0v) is 8.47. The molecule has 1 aliphatic heterocycles. The second kappa shape index (κ2) is 3.88. The fourth-order valence-corrected chi connectivity index (χ4v) is 1.75. The van der Waals surface area contributed by atoms with Crippen molar-refractivity contribution >= 4 is 13.0 Å². The Balaban J connectivity index is 2.73. The van der Waals surface area contributed by atoms with E-state index in [1.807, 2.05) is 0 Å². The lowest BCUT2D eigenvalue weighted by atomic mass is 9.75. The Morgan fingerprint density at radius 3 is 2.64 bits per heavy atom. The van der Waals surface area contributed by atoms with Crippen molar-refractivity contribution in [3.05, 3.63) is 0 Å². The van der Waals surface area contributed by atoms with Gasteiger partial charge in [0.1, 0.15) is 0 Å². The first-order chi connectivity index (χ1) is 6.34. The first kappa shape index (κ1) is 11.5. The third-order valence-corrected chi connectivity index (χ3v) is 2.90. The Morgan fingerprint density at radius 2 is 2.21 bits per heavy atom. The van der Waals surface area contributed by atoms with Crippen LogP contribution in [0.3, 0.4) is 0 Å². The van der Waals surface area contributed by atoms with Crippen LogP contribution in [0.5, 0.6) is 0 Å². The van der Waals surface area contributed by atoms with E-state index in [1.54, 1.807) is 11.6 Å². The smallest absolute Gasteiger partial charge is 0.376 e. The maximum atomic E-state index is 10.9. The van der Waals surface area contributed by atoms with Gasteiger partial charge in [-0.2, -0.15) is 0 Å². The minimum absolute atomic E-state index is 0.194. The van der Waals surface area contributed by atoms with Gasteiger partial charge >= 0.3 is 13.0 Å². The van der Waals surface area contributed by atoms with Crippen LogP contribution in [0.2, 0.25) is 6.82 Å². The van der Waals surface area contributed by atoms with Gasteiger partial charge < -0.3 is 20.0 Å². The number of hydrogen-bond donors (Lipinski definition) is 3. The molecule has 6 heteroatoms. The Morgan fingerprint density at radius 1 is 1.64 bits per heavy atom. The predicted molar refractivity (Wildman–Crippen MR) is 51.8 cm³/mol. The van der Waals surface area contributed by atoms with Crippen LogP contribution in [-0.4, -0.2) is 51.8 Å². The number of aliphatic hydroxyl groups is 1. The summed E-state index contributed by atoms with van der Waals surface area (Å²) in [4.78, 5) is 12.5. The number of carboxylic acids is 1. The van der Waals surface area contributed by atoms with Crippen LogP contribution in [0.25, 0.3) is 0 Å². The lowest BCUT2D eigenvalue weighted by molar-refractivity contribution is -0.155. The van der Waals surface area contributed by atoms with Crippen molar-refractivity contribution in [3.63, 3.8) is 0 Å². The number of aliphatic carboxylic acids is 1. The summed E-state index contributed by atoms with van der Waals surface area (Å²) in [6.45, 7) is 3.85. The summed E-state index contributed by atoms with van der Waals surface area (Å²) in [7, 11) is -0.659. The minimum Gasteiger partial charge on any atom is -0.481 e. The molecule has 14 heavy (non-hydrogen) atoms. The molecule has 0 radical (unpaired) electrons. The van der Waals surface area contributed by atoms with Gasteiger partial charge in [0.25, 0.3) is 0 Å². The standard InChI is InChI=1S/C8H16BNO4/c1-8(13)3-4-10(9(2)14)5-6(8)7(11)12/h6,13-14H,3-5H2,1-2H3,(H,11,12)/t6-,8-/m1/s1. The van der Waals surface area contributed by atoms with Crippen LogP contribution in [0.15, 0.2) is 0 Å². The number of carbonyl (C=O) groups is 1. The van der Waals surface area contributed by atoms with Crippen molar-refractivity contribution in [2.24, 2.45) is 5.92 Å². The van der Waals surface area contributed by atoms with Crippen LogP contribution in [0.4, 0.5) is 0 Å². The minimum atomic E-state index is -1.17. The first-order valence-electron chi connectivity index (χ1n) is 4.72. The zero-order valence-electron chi connectivity index (χ0n) is 8.47. The Hall–Kier alpha value is -0.585. The number of carboxylic acid groups (broad SMARTS) is 1. The van der Waals surface area contributed by atoms with Crippen molar-refractivity contribution in [1.29, 1.82) is 0 Å². The highest BCUT2D eigenvalue weighted by Gasteiger charge is 2.43. The maximum Gasteiger partial charge on any atom is 0.376 e. The average molecular weight is 201 g/mol. The summed E-state index contributed by atoms with van der Waals surface area (Å²) < 4.78 is 0. The van der Waals surface area contributed by atoms with E-state index in [9.17, 15) is 14.9 Å². The summed E-state index contributed by atoms with van der Waals surface area (Å²) in [5, 5.41) is 28.0. The molecule has 0 aromatic rings. The van der Waals surface area contributed by atoms with Gasteiger partial charge in [-0.1, -0.05) is 0 Å². The van der Waals surface area contributed by atoms with E-state index >= 15 is 0 Å². The van der Waals surface area contributed by atoms with Crippen LogP contribution in [-0.2, 0) is 4.79 Å². The van der Waals surface area contributed by atoms with Crippen molar-refractivity contribution < 1.29 is 20.0 Å². The Labute approximate surface area is 83.5 Å². The van der Waals surface area contributed by atoms with Gasteiger partial charge in [0.15, 0.2) is 0 Å². The van der Waals surface area contributed by atoms with E-state index in [4.69, 9.17) is 5.11 Å². The maximum absolute atomic E-state index is 10.9. The summed E-state index contributed by atoms with van der Waals surface area (Å²) in [6, 6.07) is 0. The van der Waals surface area contributed by atoms with E-state index in [2.05, 4.69) is 0 Å². The lowest BCUT2D eigenvalue weighted by Crippen LogP contribution is -2.56.